The molecule has 0 spiro atoms. The van der Waals surface area contributed by atoms with E-state index in [0.717, 1.165) is 45.1 Å². The molecule has 0 amide bonds. The predicted molar refractivity (Wildman–Crippen MR) is 95.5 cm³/mol. The molecule has 0 aromatic carbocycles. The van der Waals surface area contributed by atoms with Crippen molar-refractivity contribution in [3.63, 3.8) is 0 Å². The van der Waals surface area contributed by atoms with Crippen molar-refractivity contribution < 1.29 is 4.74 Å². The molecule has 1 aliphatic heterocycles. The van der Waals surface area contributed by atoms with Crippen molar-refractivity contribution in [2.24, 2.45) is 4.99 Å². The summed E-state index contributed by atoms with van der Waals surface area (Å²) in [7, 11) is 1.84. The number of nitrogens with zero attached hydrogens (tertiary/aromatic N) is 1. The van der Waals surface area contributed by atoms with E-state index in [9.17, 15) is 0 Å². The van der Waals surface area contributed by atoms with E-state index in [1.165, 1.54) is 50.5 Å². The Hall–Kier alpha value is -1.03. The van der Waals surface area contributed by atoms with Gasteiger partial charge in [0.05, 0.1) is 13.2 Å². The Morgan fingerprint density at radius 3 is 2.50 bits per heavy atom. The van der Waals surface area contributed by atoms with Crippen molar-refractivity contribution in [3.05, 3.63) is 11.6 Å². The summed E-state index contributed by atoms with van der Waals surface area (Å²) in [6, 6.07) is 0. The van der Waals surface area contributed by atoms with Gasteiger partial charge in [-0.05, 0) is 19.3 Å². The number of hydrogen-bond donors (Lipinski definition) is 2. The zero-order valence-corrected chi connectivity index (χ0v) is 14.6. The summed E-state index contributed by atoms with van der Waals surface area (Å²) in [5, 5.41) is 6.80. The first kappa shape index (κ1) is 19.0. The van der Waals surface area contributed by atoms with Crippen LogP contribution in [0.25, 0.3) is 0 Å². The average molecular weight is 309 g/mol. The van der Waals surface area contributed by atoms with Gasteiger partial charge in [0.2, 0.25) is 0 Å². The fourth-order valence-electron chi connectivity index (χ4n) is 2.64. The molecule has 0 aromatic rings. The number of nitrogens with one attached hydrogen (secondary N) is 2. The lowest BCUT2D eigenvalue weighted by Crippen LogP contribution is -2.38. The van der Waals surface area contributed by atoms with E-state index in [2.05, 4.69) is 28.6 Å². The lowest BCUT2D eigenvalue weighted by molar-refractivity contribution is 0.153. The summed E-state index contributed by atoms with van der Waals surface area (Å²) in [6.07, 6.45) is 13.8. The number of guanidine groups is 1. The third-order valence-electron chi connectivity index (χ3n) is 4.09. The molecule has 0 radical (unpaired) electrons. The van der Waals surface area contributed by atoms with Gasteiger partial charge in [0.15, 0.2) is 5.96 Å². The fraction of sp³-hybridized carbons (Fsp3) is 0.833. The van der Waals surface area contributed by atoms with Crippen molar-refractivity contribution in [1.82, 2.24) is 10.6 Å². The second kappa shape index (κ2) is 13.6. The summed E-state index contributed by atoms with van der Waals surface area (Å²) in [6.45, 7) is 5.88. The molecule has 0 atom stereocenters. The van der Waals surface area contributed by atoms with Crippen molar-refractivity contribution in [2.75, 3.05) is 33.4 Å². The Labute approximate surface area is 136 Å². The molecule has 1 aliphatic rings. The van der Waals surface area contributed by atoms with E-state index < -0.39 is 0 Å². The zero-order valence-electron chi connectivity index (χ0n) is 14.6. The third kappa shape index (κ3) is 9.82. The zero-order chi connectivity index (χ0) is 15.9. The topological polar surface area (TPSA) is 45.7 Å². The first-order chi connectivity index (χ1) is 10.9. The Morgan fingerprint density at radius 2 is 1.82 bits per heavy atom. The molecule has 22 heavy (non-hydrogen) atoms. The van der Waals surface area contributed by atoms with Gasteiger partial charge < -0.3 is 15.4 Å². The van der Waals surface area contributed by atoms with Crippen LogP contribution >= 0.6 is 0 Å². The van der Waals surface area contributed by atoms with Crippen molar-refractivity contribution in [2.45, 2.75) is 64.7 Å². The molecule has 1 rings (SSSR count). The first-order valence-electron chi connectivity index (χ1n) is 9.07. The van der Waals surface area contributed by atoms with Gasteiger partial charge in [-0.3, -0.25) is 4.99 Å². The summed E-state index contributed by atoms with van der Waals surface area (Å²) >= 11 is 0. The number of aliphatic imine (C=N–C) groups is 1. The van der Waals surface area contributed by atoms with Crippen LogP contribution in [0.4, 0.5) is 0 Å². The van der Waals surface area contributed by atoms with E-state index in [1.807, 2.05) is 7.05 Å². The molecule has 0 bridgehead atoms. The molecule has 0 fully saturated rings. The SMILES string of the molecule is CCCCCCCCCNC(=NC)NCCC1=CCOCC1. The maximum absolute atomic E-state index is 5.32. The Balaban J connectivity index is 1.97. The molecule has 0 saturated heterocycles. The molecule has 0 unspecified atom stereocenters. The molecule has 2 N–H and O–H groups in total. The maximum Gasteiger partial charge on any atom is 0.190 e. The minimum Gasteiger partial charge on any atom is -0.377 e. The molecule has 128 valence electrons. The van der Waals surface area contributed by atoms with E-state index in [0.29, 0.717) is 0 Å². The van der Waals surface area contributed by atoms with Crippen LogP contribution in [0, 0.1) is 0 Å². The van der Waals surface area contributed by atoms with Crippen molar-refractivity contribution >= 4 is 5.96 Å². The molecular weight excluding hydrogens is 274 g/mol. The monoisotopic (exact) mass is 309 g/mol. The van der Waals surface area contributed by atoms with Crippen molar-refractivity contribution in [3.8, 4) is 0 Å². The number of rotatable bonds is 11. The predicted octanol–water partition coefficient (Wildman–Crippen LogP) is 3.64. The van der Waals surface area contributed by atoms with Gasteiger partial charge in [0.25, 0.3) is 0 Å². The lowest BCUT2D eigenvalue weighted by atomic mass is 10.1. The van der Waals surface area contributed by atoms with Gasteiger partial charge in [-0.2, -0.15) is 0 Å². The van der Waals surface area contributed by atoms with Crippen LogP contribution in [-0.2, 0) is 4.74 Å². The van der Waals surface area contributed by atoms with E-state index in [1.54, 1.807) is 0 Å². The molecule has 4 nitrogen and oxygen atoms in total. The minimum absolute atomic E-state index is 0.778. The third-order valence-corrected chi connectivity index (χ3v) is 4.09. The maximum atomic E-state index is 5.32. The summed E-state index contributed by atoms with van der Waals surface area (Å²) < 4.78 is 5.32. The van der Waals surface area contributed by atoms with Gasteiger partial charge in [0, 0.05) is 20.1 Å². The van der Waals surface area contributed by atoms with Crippen LogP contribution < -0.4 is 10.6 Å². The van der Waals surface area contributed by atoms with Crippen LogP contribution in [0.3, 0.4) is 0 Å². The largest absolute Gasteiger partial charge is 0.377 e. The number of hydrogen-bond acceptors (Lipinski definition) is 2. The van der Waals surface area contributed by atoms with Crippen molar-refractivity contribution in [1.29, 1.82) is 0 Å². The quantitative estimate of drug-likeness (QED) is 0.265. The van der Waals surface area contributed by atoms with Gasteiger partial charge in [-0.25, -0.2) is 0 Å². The summed E-state index contributed by atoms with van der Waals surface area (Å²) in [5.41, 5.74) is 1.50. The fourth-order valence-corrected chi connectivity index (χ4v) is 2.64. The molecule has 0 aromatic heterocycles. The molecule has 4 heteroatoms. The summed E-state index contributed by atoms with van der Waals surface area (Å²) in [5.74, 6) is 0.929. The minimum atomic E-state index is 0.778. The number of unbranched alkanes of at least 4 members (excludes halogenated alkanes) is 6. The average Bonchev–Trinajstić information content (AvgIpc) is 2.56. The second-order valence-corrected chi connectivity index (χ2v) is 5.98. The Kier molecular flexibility index (Phi) is 11.8. The van der Waals surface area contributed by atoms with Crippen LogP contribution in [0.2, 0.25) is 0 Å². The molecule has 1 heterocycles. The van der Waals surface area contributed by atoms with Gasteiger partial charge in [0.1, 0.15) is 0 Å². The highest BCUT2D eigenvalue weighted by Crippen LogP contribution is 2.10. The van der Waals surface area contributed by atoms with Crippen LogP contribution in [-0.4, -0.2) is 39.3 Å². The highest BCUT2D eigenvalue weighted by atomic mass is 16.5. The highest BCUT2D eigenvalue weighted by molar-refractivity contribution is 5.79. The number of ether oxygens (including phenoxy) is 1. The molecule has 0 aliphatic carbocycles. The van der Waals surface area contributed by atoms with Gasteiger partial charge >= 0.3 is 0 Å². The smallest absolute Gasteiger partial charge is 0.190 e. The second-order valence-electron chi connectivity index (χ2n) is 5.98. The first-order valence-corrected chi connectivity index (χ1v) is 9.07. The van der Waals surface area contributed by atoms with Crippen LogP contribution in [0.1, 0.15) is 64.7 Å². The molecular formula is C18H35N3O. The van der Waals surface area contributed by atoms with Gasteiger partial charge in [-0.1, -0.05) is 57.1 Å². The standard InChI is InChI=1S/C18H35N3O/c1-3-4-5-6-7-8-9-13-20-18(19-2)21-14-10-17-11-15-22-16-12-17/h11H,3-10,12-16H2,1-2H3,(H2,19,20,21). The van der Waals surface area contributed by atoms with E-state index >= 15 is 0 Å². The van der Waals surface area contributed by atoms with Crippen LogP contribution in [0.15, 0.2) is 16.6 Å². The van der Waals surface area contributed by atoms with E-state index in [-0.39, 0.29) is 0 Å². The van der Waals surface area contributed by atoms with E-state index in [4.69, 9.17) is 4.74 Å². The highest BCUT2D eigenvalue weighted by Gasteiger charge is 2.04. The van der Waals surface area contributed by atoms with Crippen LogP contribution in [0.5, 0.6) is 0 Å². The molecule has 0 saturated carbocycles. The lowest BCUT2D eigenvalue weighted by Gasteiger charge is -2.15. The Morgan fingerprint density at radius 1 is 1.09 bits per heavy atom. The van der Waals surface area contributed by atoms with Gasteiger partial charge in [-0.15, -0.1) is 0 Å². The Bertz CT molecular complexity index is 326. The summed E-state index contributed by atoms with van der Waals surface area (Å²) in [4.78, 5) is 4.28. The normalized spacial score (nSPS) is 15.5.